The molecule has 1 aromatic heterocycles. The lowest BCUT2D eigenvalue weighted by molar-refractivity contribution is 0.0993. The number of carbonyl (C=O) groups excluding carboxylic acids is 2. The Morgan fingerprint density at radius 1 is 1.04 bits per heavy atom. The van der Waals surface area contributed by atoms with Crippen LogP contribution in [-0.2, 0) is 0 Å². The van der Waals surface area contributed by atoms with Crippen molar-refractivity contribution in [3.05, 3.63) is 82.5 Å². The van der Waals surface area contributed by atoms with Crippen molar-refractivity contribution >= 4 is 34.8 Å². The monoisotopic (exact) mass is 372 g/mol. The number of aryl methyl sites for hydroxylation is 1. The van der Waals surface area contributed by atoms with Gasteiger partial charge in [-0.2, -0.15) is 0 Å². The third-order valence-corrected chi connectivity index (χ3v) is 3.96. The van der Waals surface area contributed by atoms with Crippen LogP contribution in [0.3, 0.4) is 0 Å². The van der Waals surface area contributed by atoms with Crippen molar-refractivity contribution in [3.63, 3.8) is 0 Å². The van der Waals surface area contributed by atoms with Crippen LogP contribution in [0.2, 0.25) is 5.02 Å². The summed E-state index contributed by atoms with van der Waals surface area (Å²) in [5.74, 6) is -1.23. The molecule has 2 aromatic carbocycles. The number of hydrogen-bond donors (Lipinski definition) is 2. The number of rotatable bonds is 4. The molecule has 0 unspecified atom stereocenters. The Hall–Kier alpha value is -3.12. The van der Waals surface area contributed by atoms with E-state index < -0.39 is 17.6 Å². The van der Waals surface area contributed by atoms with E-state index >= 15 is 0 Å². The molecule has 7 heteroatoms. The maximum absolute atomic E-state index is 13.2. The van der Waals surface area contributed by atoms with E-state index in [4.69, 9.17) is 16.0 Å². The molecule has 3 rings (SSSR count). The summed E-state index contributed by atoms with van der Waals surface area (Å²) in [5, 5.41) is 5.25. The Kier molecular flexibility index (Phi) is 5.04. The molecule has 0 aliphatic heterocycles. The van der Waals surface area contributed by atoms with Gasteiger partial charge in [0, 0.05) is 16.9 Å². The molecule has 2 amide bonds. The molecular weight excluding hydrogens is 359 g/mol. The SMILES string of the molecule is Cc1ccc(C(=O)Nc2ccc(F)c(Cl)c2)cc1NC(=O)c1ccco1. The van der Waals surface area contributed by atoms with Gasteiger partial charge in [0.25, 0.3) is 11.8 Å². The largest absolute Gasteiger partial charge is 0.459 e. The molecule has 0 saturated heterocycles. The van der Waals surface area contributed by atoms with Crippen LogP contribution in [0.15, 0.2) is 59.2 Å². The molecule has 132 valence electrons. The highest BCUT2D eigenvalue weighted by atomic mass is 35.5. The summed E-state index contributed by atoms with van der Waals surface area (Å²) in [6.45, 7) is 1.80. The molecule has 1 heterocycles. The second-order valence-corrected chi connectivity index (χ2v) is 5.95. The molecule has 0 aliphatic carbocycles. The number of furan rings is 1. The van der Waals surface area contributed by atoms with E-state index in [0.29, 0.717) is 16.9 Å². The highest BCUT2D eigenvalue weighted by Crippen LogP contribution is 2.22. The number of benzene rings is 2. The molecule has 0 spiro atoms. The number of amides is 2. The third kappa shape index (κ3) is 3.92. The Bertz CT molecular complexity index is 971. The van der Waals surface area contributed by atoms with Gasteiger partial charge >= 0.3 is 0 Å². The van der Waals surface area contributed by atoms with Crippen LogP contribution in [0.5, 0.6) is 0 Å². The molecule has 0 radical (unpaired) electrons. The average Bonchev–Trinajstić information content (AvgIpc) is 3.15. The summed E-state index contributed by atoms with van der Waals surface area (Å²) in [5.41, 5.74) is 1.96. The van der Waals surface area contributed by atoms with E-state index in [9.17, 15) is 14.0 Å². The first-order chi connectivity index (χ1) is 12.4. The van der Waals surface area contributed by atoms with E-state index in [1.54, 1.807) is 37.3 Å². The molecule has 5 nitrogen and oxygen atoms in total. The number of anilines is 2. The van der Waals surface area contributed by atoms with Crippen LogP contribution in [0.4, 0.5) is 15.8 Å². The average molecular weight is 373 g/mol. The first-order valence-corrected chi connectivity index (χ1v) is 8.04. The number of nitrogens with one attached hydrogen (secondary N) is 2. The third-order valence-electron chi connectivity index (χ3n) is 3.67. The number of hydrogen-bond acceptors (Lipinski definition) is 3. The predicted octanol–water partition coefficient (Wildman–Crippen LogP) is 4.89. The molecular formula is C19H14ClFN2O3. The van der Waals surface area contributed by atoms with E-state index in [-0.39, 0.29) is 10.8 Å². The predicted molar refractivity (Wildman–Crippen MR) is 97.2 cm³/mol. The minimum Gasteiger partial charge on any atom is -0.459 e. The van der Waals surface area contributed by atoms with Crippen molar-refractivity contribution < 1.29 is 18.4 Å². The summed E-state index contributed by atoms with van der Waals surface area (Å²) < 4.78 is 18.3. The molecule has 0 bridgehead atoms. The molecule has 0 fully saturated rings. The van der Waals surface area contributed by atoms with Gasteiger partial charge in [0.1, 0.15) is 5.82 Å². The van der Waals surface area contributed by atoms with Gasteiger partial charge in [-0.05, 0) is 55.0 Å². The highest BCUT2D eigenvalue weighted by molar-refractivity contribution is 6.31. The van der Waals surface area contributed by atoms with Gasteiger partial charge < -0.3 is 15.1 Å². The molecule has 26 heavy (non-hydrogen) atoms. The smallest absolute Gasteiger partial charge is 0.291 e. The quantitative estimate of drug-likeness (QED) is 0.685. The Morgan fingerprint density at radius 3 is 2.54 bits per heavy atom. The van der Waals surface area contributed by atoms with E-state index in [1.165, 1.54) is 24.5 Å². The second-order valence-electron chi connectivity index (χ2n) is 5.54. The zero-order chi connectivity index (χ0) is 18.7. The first kappa shape index (κ1) is 17.7. The van der Waals surface area contributed by atoms with Gasteiger partial charge in [0.05, 0.1) is 11.3 Å². The van der Waals surface area contributed by atoms with Crippen molar-refractivity contribution in [3.8, 4) is 0 Å². The summed E-state index contributed by atoms with van der Waals surface area (Å²) in [4.78, 5) is 24.5. The summed E-state index contributed by atoms with van der Waals surface area (Å²) >= 11 is 5.71. The summed E-state index contributed by atoms with van der Waals surface area (Å²) in [6.07, 6.45) is 1.40. The molecule has 0 atom stereocenters. The van der Waals surface area contributed by atoms with Crippen LogP contribution < -0.4 is 10.6 Å². The topological polar surface area (TPSA) is 71.3 Å². The summed E-state index contributed by atoms with van der Waals surface area (Å²) in [6, 6.07) is 11.9. The molecule has 0 saturated carbocycles. The van der Waals surface area contributed by atoms with Gasteiger partial charge in [-0.25, -0.2) is 4.39 Å². The Labute approximate surface area is 153 Å². The van der Waals surface area contributed by atoms with Gasteiger partial charge in [-0.1, -0.05) is 17.7 Å². The van der Waals surface area contributed by atoms with Gasteiger partial charge in [-0.3, -0.25) is 9.59 Å². The summed E-state index contributed by atoms with van der Waals surface area (Å²) in [7, 11) is 0. The Morgan fingerprint density at radius 2 is 1.85 bits per heavy atom. The fourth-order valence-electron chi connectivity index (χ4n) is 2.27. The van der Waals surface area contributed by atoms with Crippen LogP contribution in [-0.4, -0.2) is 11.8 Å². The van der Waals surface area contributed by atoms with E-state index in [0.717, 1.165) is 5.56 Å². The van der Waals surface area contributed by atoms with Gasteiger partial charge in [0.15, 0.2) is 5.76 Å². The molecule has 0 aliphatic rings. The lowest BCUT2D eigenvalue weighted by Gasteiger charge is -2.11. The Balaban J connectivity index is 1.78. The van der Waals surface area contributed by atoms with Crippen molar-refractivity contribution in [2.24, 2.45) is 0 Å². The van der Waals surface area contributed by atoms with E-state index in [2.05, 4.69) is 10.6 Å². The van der Waals surface area contributed by atoms with Crippen molar-refractivity contribution in [2.45, 2.75) is 6.92 Å². The maximum Gasteiger partial charge on any atom is 0.291 e. The first-order valence-electron chi connectivity index (χ1n) is 7.66. The second kappa shape index (κ2) is 7.41. The number of halogens is 2. The number of carbonyl (C=O) groups is 2. The standard InChI is InChI=1S/C19H14ClFN2O3/c1-11-4-5-12(9-16(11)23-19(25)17-3-2-8-26-17)18(24)22-13-6-7-15(21)14(20)10-13/h2-10H,1H3,(H,22,24)(H,23,25). The van der Waals surface area contributed by atoms with E-state index in [1.807, 2.05) is 0 Å². The zero-order valence-electron chi connectivity index (χ0n) is 13.7. The van der Waals surface area contributed by atoms with Crippen LogP contribution in [0.25, 0.3) is 0 Å². The van der Waals surface area contributed by atoms with Crippen LogP contribution in [0.1, 0.15) is 26.5 Å². The van der Waals surface area contributed by atoms with Gasteiger partial charge in [0.2, 0.25) is 0 Å². The highest BCUT2D eigenvalue weighted by Gasteiger charge is 2.13. The van der Waals surface area contributed by atoms with Crippen molar-refractivity contribution in [1.82, 2.24) is 0 Å². The van der Waals surface area contributed by atoms with Crippen molar-refractivity contribution in [2.75, 3.05) is 10.6 Å². The van der Waals surface area contributed by atoms with Crippen LogP contribution >= 0.6 is 11.6 Å². The van der Waals surface area contributed by atoms with Crippen LogP contribution in [0, 0.1) is 12.7 Å². The lowest BCUT2D eigenvalue weighted by Crippen LogP contribution is -2.15. The normalized spacial score (nSPS) is 10.4. The lowest BCUT2D eigenvalue weighted by atomic mass is 10.1. The fraction of sp³-hybridized carbons (Fsp3) is 0.0526. The molecule has 3 aromatic rings. The zero-order valence-corrected chi connectivity index (χ0v) is 14.4. The molecule has 2 N–H and O–H groups in total. The van der Waals surface area contributed by atoms with Gasteiger partial charge in [-0.15, -0.1) is 0 Å². The minimum absolute atomic E-state index is 0.0851. The fourth-order valence-corrected chi connectivity index (χ4v) is 2.45. The maximum atomic E-state index is 13.2. The minimum atomic E-state index is -0.567. The van der Waals surface area contributed by atoms with Crippen molar-refractivity contribution in [1.29, 1.82) is 0 Å².